The first-order valence-electron chi connectivity index (χ1n) is 6.35. The van der Waals surface area contributed by atoms with Gasteiger partial charge in [0.1, 0.15) is 5.75 Å². The van der Waals surface area contributed by atoms with E-state index >= 15 is 0 Å². The quantitative estimate of drug-likeness (QED) is 0.789. The van der Waals surface area contributed by atoms with Gasteiger partial charge in [-0.2, -0.15) is 0 Å². The summed E-state index contributed by atoms with van der Waals surface area (Å²) < 4.78 is 4.91. The van der Waals surface area contributed by atoms with E-state index in [-0.39, 0.29) is 17.8 Å². The van der Waals surface area contributed by atoms with Crippen LogP contribution in [-0.2, 0) is 28.8 Å². The van der Waals surface area contributed by atoms with Crippen molar-refractivity contribution >= 4 is 5.97 Å². The van der Waals surface area contributed by atoms with Gasteiger partial charge in [0.2, 0.25) is 0 Å². The molecule has 0 aliphatic heterocycles. The lowest BCUT2D eigenvalue weighted by Gasteiger charge is -2.09. The van der Waals surface area contributed by atoms with E-state index in [1.54, 1.807) is 19.1 Å². The van der Waals surface area contributed by atoms with Crippen molar-refractivity contribution in [2.75, 3.05) is 6.61 Å². The summed E-state index contributed by atoms with van der Waals surface area (Å²) in [6, 6.07) is 3.63. The van der Waals surface area contributed by atoms with Gasteiger partial charge in [-0.1, -0.05) is 0 Å². The first-order chi connectivity index (χ1) is 8.60. The van der Waals surface area contributed by atoms with Gasteiger partial charge in [0.15, 0.2) is 0 Å². The van der Waals surface area contributed by atoms with Gasteiger partial charge in [0.25, 0.3) is 0 Å². The van der Waals surface area contributed by atoms with Gasteiger partial charge < -0.3 is 15.6 Å². The van der Waals surface area contributed by atoms with E-state index in [1.165, 1.54) is 5.56 Å². The second kappa shape index (κ2) is 5.40. The summed E-state index contributed by atoms with van der Waals surface area (Å²) in [5, 5.41) is 9.68. The van der Waals surface area contributed by atoms with E-state index in [1.807, 2.05) is 0 Å². The maximum absolute atomic E-state index is 11.4. The summed E-state index contributed by atoms with van der Waals surface area (Å²) in [5.74, 6) is 0.0543. The third-order valence-electron chi connectivity index (χ3n) is 3.27. The van der Waals surface area contributed by atoms with E-state index in [2.05, 4.69) is 0 Å². The first kappa shape index (κ1) is 12.9. The molecule has 0 radical (unpaired) electrons. The Morgan fingerprint density at radius 2 is 2.28 bits per heavy atom. The zero-order chi connectivity index (χ0) is 13.1. The van der Waals surface area contributed by atoms with Crippen LogP contribution in [0.1, 0.15) is 30.0 Å². The summed E-state index contributed by atoms with van der Waals surface area (Å²) in [4.78, 5) is 11.4. The number of benzene rings is 1. The molecule has 2 rings (SSSR count). The molecule has 1 aliphatic rings. The number of phenolic OH excluding ortho intramolecular Hbond substituents is 1. The van der Waals surface area contributed by atoms with Crippen LogP contribution in [0, 0.1) is 0 Å². The van der Waals surface area contributed by atoms with Crippen LogP contribution in [0.25, 0.3) is 0 Å². The Labute approximate surface area is 107 Å². The molecule has 0 saturated carbocycles. The molecule has 1 unspecified atom stereocenters. The minimum absolute atomic E-state index is 0.128. The molecule has 0 aromatic heterocycles. The number of nitrogens with two attached hydrogens (primary N) is 1. The van der Waals surface area contributed by atoms with Gasteiger partial charge in [-0.05, 0) is 55.0 Å². The normalized spacial score (nSPS) is 17.6. The monoisotopic (exact) mass is 249 g/mol. The lowest BCUT2D eigenvalue weighted by Crippen LogP contribution is -2.19. The third-order valence-corrected chi connectivity index (χ3v) is 3.27. The van der Waals surface area contributed by atoms with Crippen molar-refractivity contribution in [3.05, 3.63) is 28.8 Å². The lowest BCUT2D eigenvalue weighted by atomic mass is 9.99. The number of aromatic hydroxyl groups is 1. The number of esters is 1. The van der Waals surface area contributed by atoms with E-state index in [0.29, 0.717) is 19.4 Å². The highest BCUT2D eigenvalue weighted by atomic mass is 16.5. The molecule has 0 spiro atoms. The summed E-state index contributed by atoms with van der Waals surface area (Å²) >= 11 is 0. The highest BCUT2D eigenvalue weighted by Gasteiger charge is 2.22. The molecular formula is C14H19NO3. The van der Waals surface area contributed by atoms with Crippen LogP contribution in [0.15, 0.2) is 12.1 Å². The highest BCUT2D eigenvalue weighted by Crippen LogP contribution is 2.30. The number of phenols is 1. The van der Waals surface area contributed by atoms with Gasteiger partial charge >= 0.3 is 5.97 Å². The van der Waals surface area contributed by atoms with Crippen LogP contribution in [0.2, 0.25) is 0 Å². The van der Waals surface area contributed by atoms with Gasteiger partial charge in [0.05, 0.1) is 6.61 Å². The van der Waals surface area contributed by atoms with E-state index in [9.17, 15) is 9.90 Å². The number of rotatable bonds is 4. The number of carbonyl (C=O) groups excluding carboxylic acids is 1. The largest absolute Gasteiger partial charge is 0.508 e. The Kier molecular flexibility index (Phi) is 3.87. The first-order valence-corrected chi connectivity index (χ1v) is 6.35. The minimum Gasteiger partial charge on any atom is -0.508 e. The van der Waals surface area contributed by atoms with Gasteiger partial charge in [-0.25, -0.2) is 0 Å². The van der Waals surface area contributed by atoms with Crippen molar-refractivity contribution in [3.8, 4) is 5.75 Å². The molecule has 1 aliphatic carbocycles. The number of ether oxygens (including phenoxy) is 1. The Balaban J connectivity index is 2.11. The molecule has 0 fully saturated rings. The molecule has 0 saturated heterocycles. The molecule has 4 heteroatoms. The molecule has 0 bridgehead atoms. The fourth-order valence-corrected chi connectivity index (χ4v) is 2.53. The minimum atomic E-state index is -0.197. The van der Waals surface area contributed by atoms with Crippen LogP contribution < -0.4 is 5.73 Å². The smallest absolute Gasteiger partial charge is 0.306 e. The third kappa shape index (κ3) is 2.82. The molecule has 18 heavy (non-hydrogen) atoms. The van der Waals surface area contributed by atoms with Gasteiger partial charge in [-0.15, -0.1) is 0 Å². The highest BCUT2D eigenvalue weighted by molar-refractivity contribution is 5.69. The van der Waals surface area contributed by atoms with E-state index in [0.717, 1.165) is 24.0 Å². The molecule has 1 aromatic carbocycles. The van der Waals surface area contributed by atoms with Crippen molar-refractivity contribution in [1.82, 2.24) is 0 Å². The van der Waals surface area contributed by atoms with Crippen molar-refractivity contribution in [3.63, 3.8) is 0 Å². The number of hydrogen-bond donors (Lipinski definition) is 2. The fourth-order valence-electron chi connectivity index (χ4n) is 2.53. The number of carbonyl (C=O) groups is 1. The SMILES string of the molecule is CCOC(=O)CCc1cc(O)cc2c1CC(N)C2. The Hall–Kier alpha value is -1.55. The van der Waals surface area contributed by atoms with Crippen molar-refractivity contribution in [2.24, 2.45) is 5.73 Å². The fraction of sp³-hybridized carbons (Fsp3) is 0.500. The van der Waals surface area contributed by atoms with Gasteiger partial charge in [-0.3, -0.25) is 4.79 Å². The summed E-state index contributed by atoms with van der Waals surface area (Å²) in [6.45, 7) is 2.20. The van der Waals surface area contributed by atoms with Crippen LogP contribution in [-0.4, -0.2) is 23.7 Å². The van der Waals surface area contributed by atoms with Crippen molar-refractivity contribution in [1.29, 1.82) is 0 Å². The molecule has 0 heterocycles. The van der Waals surface area contributed by atoms with Crippen molar-refractivity contribution in [2.45, 2.75) is 38.6 Å². The molecule has 0 amide bonds. The van der Waals surface area contributed by atoms with E-state index in [4.69, 9.17) is 10.5 Å². The zero-order valence-electron chi connectivity index (χ0n) is 10.6. The number of fused-ring (bicyclic) bond motifs is 1. The van der Waals surface area contributed by atoms with Crippen LogP contribution in [0.3, 0.4) is 0 Å². The second-order valence-corrected chi connectivity index (χ2v) is 4.72. The Bertz CT molecular complexity index is 457. The predicted octanol–water partition coefficient (Wildman–Crippen LogP) is 1.31. The maximum atomic E-state index is 11.4. The maximum Gasteiger partial charge on any atom is 0.306 e. The van der Waals surface area contributed by atoms with Crippen LogP contribution in [0.4, 0.5) is 0 Å². The van der Waals surface area contributed by atoms with Gasteiger partial charge in [0, 0.05) is 12.5 Å². The van der Waals surface area contributed by atoms with Crippen LogP contribution in [0.5, 0.6) is 5.75 Å². The lowest BCUT2D eigenvalue weighted by molar-refractivity contribution is -0.143. The average molecular weight is 249 g/mol. The van der Waals surface area contributed by atoms with E-state index < -0.39 is 0 Å². The Morgan fingerprint density at radius 3 is 3.00 bits per heavy atom. The summed E-state index contributed by atoms with van der Waals surface area (Å²) in [6.07, 6.45) is 2.57. The molecule has 98 valence electrons. The average Bonchev–Trinajstić information content (AvgIpc) is 2.66. The molecule has 3 N–H and O–H groups in total. The topological polar surface area (TPSA) is 72.5 Å². The second-order valence-electron chi connectivity index (χ2n) is 4.72. The summed E-state index contributed by atoms with van der Waals surface area (Å²) in [5.41, 5.74) is 9.26. The predicted molar refractivity (Wildman–Crippen MR) is 68.4 cm³/mol. The number of hydrogen-bond acceptors (Lipinski definition) is 4. The zero-order valence-corrected chi connectivity index (χ0v) is 10.6. The molecule has 1 atom stereocenters. The molecule has 1 aromatic rings. The van der Waals surface area contributed by atoms with Crippen molar-refractivity contribution < 1.29 is 14.6 Å². The standard InChI is InChI=1S/C14H19NO3/c1-2-18-14(17)4-3-9-6-12(16)7-10-5-11(15)8-13(9)10/h6-7,11,16H,2-5,8,15H2,1H3. The van der Waals surface area contributed by atoms with Crippen LogP contribution >= 0.6 is 0 Å². The number of aryl methyl sites for hydroxylation is 1. The molecule has 4 nitrogen and oxygen atoms in total. The summed E-state index contributed by atoms with van der Waals surface area (Å²) in [7, 11) is 0. The Morgan fingerprint density at radius 1 is 1.50 bits per heavy atom. The molecular weight excluding hydrogens is 230 g/mol.